The molecule has 2 saturated heterocycles. The van der Waals surface area contributed by atoms with E-state index < -0.39 is 6.36 Å². The fourth-order valence-corrected chi connectivity index (χ4v) is 4.73. The summed E-state index contributed by atoms with van der Waals surface area (Å²) in [5, 5.41) is 0. The molecule has 0 saturated carbocycles. The van der Waals surface area contributed by atoms with Gasteiger partial charge in [-0.1, -0.05) is 30.3 Å². The Kier molecular flexibility index (Phi) is 6.23. The highest BCUT2D eigenvalue weighted by molar-refractivity contribution is 5.94. The van der Waals surface area contributed by atoms with Crippen LogP contribution in [0.3, 0.4) is 0 Å². The Morgan fingerprint density at radius 2 is 1.55 bits per heavy atom. The van der Waals surface area contributed by atoms with Gasteiger partial charge in [-0.15, -0.1) is 13.2 Å². The van der Waals surface area contributed by atoms with Gasteiger partial charge in [-0.2, -0.15) is 0 Å². The van der Waals surface area contributed by atoms with Gasteiger partial charge in [0.15, 0.2) is 0 Å². The number of likely N-dealkylation sites (tertiary alicyclic amines) is 2. The maximum Gasteiger partial charge on any atom is 0.573 e. The summed E-state index contributed by atoms with van der Waals surface area (Å²) in [6.45, 7) is 4.01. The minimum Gasteiger partial charge on any atom is -0.406 e. The third kappa shape index (κ3) is 5.58. The van der Waals surface area contributed by atoms with Crippen molar-refractivity contribution in [2.45, 2.75) is 38.6 Å². The summed E-state index contributed by atoms with van der Waals surface area (Å²) in [4.78, 5) is 16.9. The molecule has 2 aliphatic rings. The van der Waals surface area contributed by atoms with E-state index in [4.69, 9.17) is 0 Å². The Morgan fingerprint density at radius 3 is 2.19 bits per heavy atom. The third-order valence-electron chi connectivity index (χ3n) is 6.59. The van der Waals surface area contributed by atoms with E-state index in [9.17, 15) is 18.0 Å². The minimum atomic E-state index is -4.67. The van der Waals surface area contributed by atoms with E-state index in [1.165, 1.54) is 12.1 Å². The Labute approximate surface area is 180 Å². The number of carbonyl (C=O) groups excluding carboxylic acids is 1. The van der Waals surface area contributed by atoms with Crippen LogP contribution in [-0.4, -0.2) is 48.2 Å². The summed E-state index contributed by atoms with van der Waals surface area (Å²) >= 11 is 0. The highest BCUT2D eigenvalue weighted by Crippen LogP contribution is 2.41. The smallest absolute Gasteiger partial charge is 0.406 e. The maximum absolute atomic E-state index is 12.7. The van der Waals surface area contributed by atoms with Crippen LogP contribution in [0.25, 0.3) is 0 Å². The number of nitrogens with zero attached hydrogens (tertiary/aromatic N) is 2. The molecule has 7 heteroatoms. The van der Waals surface area contributed by atoms with Gasteiger partial charge in [0, 0.05) is 25.2 Å². The van der Waals surface area contributed by atoms with Crippen molar-refractivity contribution in [2.24, 2.45) is 5.41 Å². The van der Waals surface area contributed by atoms with E-state index in [0.717, 1.165) is 63.0 Å². The monoisotopic (exact) mass is 432 g/mol. The van der Waals surface area contributed by atoms with E-state index in [1.54, 1.807) is 6.07 Å². The van der Waals surface area contributed by atoms with E-state index in [2.05, 4.69) is 9.64 Å². The molecule has 1 spiro atoms. The van der Waals surface area contributed by atoms with Crippen molar-refractivity contribution in [3.8, 4) is 5.75 Å². The van der Waals surface area contributed by atoms with Crippen LogP contribution in [0.2, 0.25) is 0 Å². The second-order valence-electron chi connectivity index (χ2n) is 8.63. The molecule has 0 bridgehead atoms. The molecular weight excluding hydrogens is 405 g/mol. The molecule has 0 aromatic heterocycles. The predicted molar refractivity (Wildman–Crippen MR) is 112 cm³/mol. The van der Waals surface area contributed by atoms with Crippen LogP contribution in [-0.2, 0) is 6.54 Å². The van der Waals surface area contributed by atoms with Crippen LogP contribution in [0.15, 0.2) is 54.6 Å². The minimum absolute atomic E-state index is 0.105. The molecule has 166 valence electrons. The van der Waals surface area contributed by atoms with Crippen LogP contribution in [0.5, 0.6) is 5.75 Å². The SMILES string of the molecule is O=C(c1ccccc1)N1CCC2(CCN(Cc3cccc(OC(F)(F)F)c3)CC2)CC1. The van der Waals surface area contributed by atoms with E-state index in [-0.39, 0.29) is 17.1 Å². The van der Waals surface area contributed by atoms with Crippen LogP contribution in [0, 0.1) is 5.41 Å². The van der Waals surface area contributed by atoms with Crippen LogP contribution < -0.4 is 4.74 Å². The van der Waals surface area contributed by atoms with Gasteiger partial charge >= 0.3 is 6.36 Å². The zero-order chi connectivity index (χ0) is 21.9. The molecule has 4 nitrogen and oxygen atoms in total. The van der Waals surface area contributed by atoms with Crippen LogP contribution in [0.1, 0.15) is 41.6 Å². The fraction of sp³-hybridized carbons (Fsp3) is 0.458. The molecule has 2 heterocycles. The fourth-order valence-electron chi connectivity index (χ4n) is 4.73. The first-order valence-corrected chi connectivity index (χ1v) is 10.7. The lowest BCUT2D eigenvalue weighted by atomic mass is 9.71. The normalized spacial score (nSPS) is 19.4. The average molecular weight is 432 g/mol. The summed E-state index contributed by atoms with van der Waals surface area (Å²) in [6, 6.07) is 15.6. The van der Waals surface area contributed by atoms with Crippen molar-refractivity contribution in [3.63, 3.8) is 0 Å². The highest BCUT2D eigenvalue weighted by atomic mass is 19.4. The van der Waals surface area contributed by atoms with E-state index >= 15 is 0 Å². The summed E-state index contributed by atoms with van der Waals surface area (Å²) in [6.07, 6.45) is -0.548. The van der Waals surface area contributed by atoms with Crippen molar-refractivity contribution < 1.29 is 22.7 Å². The predicted octanol–water partition coefficient (Wildman–Crippen LogP) is 5.10. The number of alkyl halides is 3. The molecule has 0 atom stereocenters. The first kappa shape index (κ1) is 21.7. The number of amides is 1. The molecule has 0 unspecified atom stereocenters. The van der Waals surface area contributed by atoms with Gasteiger partial charge in [-0.3, -0.25) is 9.69 Å². The Bertz CT molecular complexity index is 883. The first-order valence-electron chi connectivity index (χ1n) is 10.7. The summed E-state index contributed by atoms with van der Waals surface area (Å²) in [7, 11) is 0. The second-order valence-corrected chi connectivity index (χ2v) is 8.63. The lowest BCUT2D eigenvalue weighted by molar-refractivity contribution is -0.274. The zero-order valence-electron chi connectivity index (χ0n) is 17.4. The number of piperidine rings is 2. The van der Waals surface area contributed by atoms with E-state index in [1.807, 2.05) is 41.3 Å². The van der Waals surface area contributed by atoms with Crippen molar-refractivity contribution in [3.05, 3.63) is 65.7 Å². The lowest BCUT2D eigenvalue weighted by Gasteiger charge is -2.47. The molecule has 1 amide bonds. The molecule has 2 aliphatic heterocycles. The Morgan fingerprint density at radius 1 is 0.903 bits per heavy atom. The van der Waals surface area contributed by atoms with Crippen molar-refractivity contribution in [1.29, 1.82) is 0 Å². The number of halogens is 3. The number of hydrogen-bond acceptors (Lipinski definition) is 3. The van der Waals surface area contributed by atoms with Gasteiger partial charge in [0.25, 0.3) is 5.91 Å². The van der Waals surface area contributed by atoms with Crippen molar-refractivity contribution in [2.75, 3.05) is 26.2 Å². The quantitative estimate of drug-likeness (QED) is 0.674. The largest absolute Gasteiger partial charge is 0.573 e. The molecule has 31 heavy (non-hydrogen) atoms. The second kappa shape index (κ2) is 8.91. The third-order valence-corrected chi connectivity index (χ3v) is 6.59. The van der Waals surface area contributed by atoms with Gasteiger partial charge in [-0.05, 0) is 74.0 Å². The molecule has 0 N–H and O–H groups in total. The number of hydrogen-bond donors (Lipinski definition) is 0. The molecule has 0 aliphatic carbocycles. The molecule has 2 fully saturated rings. The molecular formula is C24H27F3N2O2. The highest BCUT2D eigenvalue weighted by Gasteiger charge is 2.38. The van der Waals surface area contributed by atoms with Gasteiger partial charge < -0.3 is 9.64 Å². The lowest BCUT2D eigenvalue weighted by Crippen LogP contribution is -2.48. The molecule has 4 rings (SSSR count). The maximum atomic E-state index is 12.7. The molecule has 2 aromatic rings. The van der Waals surface area contributed by atoms with Crippen molar-refractivity contribution >= 4 is 5.91 Å². The van der Waals surface area contributed by atoms with Gasteiger partial charge in [0.05, 0.1) is 0 Å². The Hall–Kier alpha value is -2.54. The summed E-state index contributed by atoms with van der Waals surface area (Å²) in [5.74, 6) is -0.0669. The number of rotatable bonds is 4. The Balaban J connectivity index is 1.28. The standard InChI is InChI=1S/C24H27F3N2O2/c25-24(26,27)31-21-8-4-5-19(17-21)18-28-13-9-23(10-14-28)11-15-29(16-12-23)22(30)20-6-2-1-3-7-20/h1-8,17H,9-16,18H2. The van der Waals surface area contributed by atoms with Gasteiger partial charge in [0.1, 0.15) is 5.75 Å². The number of carbonyl (C=O) groups is 1. The van der Waals surface area contributed by atoms with Crippen LogP contribution in [0.4, 0.5) is 13.2 Å². The zero-order valence-corrected chi connectivity index (χ0v) is 17.4. The van der Waals surface area contributed by atoms with Gasteiger partial charge in [0.2, 0.25) is 0 Å². The summed E-state index contributed by atoms with van der Waals surface area (Å²) < 4.78 is 41.4. The first-order chi connectivity index (χ1) is 14.8. The average Bonchev–Trinajstić information content (AvgIpc) is 2.75. The van der Waals surface area contributed by atoms with E-state index in [0.29, 0.717) is 6.54 Å². The van der Waals surface area contributed by atoms with Crippen molar-refractivity contribution in [1.82, 2.24) is 9.80 Å². The molecule has 0 radical (unpaired) electrons. The topological polar surface area (TPSA) is 32.8 Å². The summed E-state index contributed by atoms with van der Waals surface area (Å²) in [5.41, 5.74) is 1.83. The molecule has 2 aromatic carbocycles. The number of benzene rings is 2. The number of ether oxygens (including phenoxy) is 1. The van der Waals surface area contributed by atoms with Gasteiger partial charge in [-0.25, -0.2) is 0 Å². The van der Waals surface area contributed by atoms with Crippen LogP contribution >= 0.6 is 0 Å².